The summed E-state index contributed by atoms with van der Waals surface area (Å²) < 4.78 is 10.3. The molecule has 0 heterocycles. The van der Waals surface area contributed by atoms with E-state index in [1.54, 1.807) is 12.1 Å². The molecular formula is C57H87Cl3O9. The zero-order valence-electron chi connectivity index (χ0n) is 44.7. The van der Waals surface area contributed by atoms with Crippen molar-refractivity contribution in [2.75, 3.05) is 13.2 Å². The van der Waals surface area contributed by atoms with Crippen LogP contribution < -0.4 is 0 Å². The number of unbranched alkanes of at least 4 members (excludes halogenated alkanes) is 2. The van der Waals surface area contributed by atoms with Gasteiger partial charge in [-0.05, 0) is 159 Å². The summed E-state index contributed by atoms with van der Waals surface area (Å²) in [6.45, 7) is 33.5. The van der Waals surface area contributed by atoms with Crippen molar-refractivity contribution in [1.82, 2.24) is 0 Å². The van der Waals surface area contributed by atoms with Gasteiger partial charge in [0.1, 0.15) is 36.2 Å². The summed E-state index contributed by atoms with van der Waals surface area (Å²) >= 11 is 14.4. The first-order valence-corrected chi connectivity index (χ1v) is 26.3. The number of esters is 2. The van der Waals surface area contributed by atoms with Crippen LogP contribution in [0.5, 0.6) is 23.0 Å². The molecule has 1 unspecified atom stereocenters. The van der Waals surface area contributed by atoms with Crippen molar-refractivity contribution in [2.45, 2.75) is 189 Å². The number of aromatic hydroxyl groups is 4. The topological polar surface area (TPSA) is 154 Å². The minimum Gasteiger partial charge on any atom is -0.508 e. The van der Waals surface area contributed by atoms with Gasteiger partial charge >= 0.3 is 11.9 Å². The van der Waals surface area contributed by atoms with Gasteiger partial charge in [0.15, 0.2) is 4.30 Å². The number of allylic oxidation sites excluding steroid dienone is 1. The van der Waals surface area contributed by atoms with Gasteiger partial charge in [0.05, 0.1) is 16.9 Å². The van der Waals surface area contributed by atoms with Crippen LogP contribution in [-0.4, -0.2) is 61.1 Å². The number of aliphatic hydroxyl groups is 1. The molecule has 4 bridgehead atoms. The number of phenols is 4. The Bertz CT molecular complexity index is 2070. The lowest BCUT2D eigenvalue weighted by atomic mass is 9.45. The van der Waals surface area contributed by atoms with Gasteiger partial charge in [0, 0.05) is 17.5 Å². The molecule has 0 aliphatic heterocycles. The van der Waals surface area contributed by atoms with E-state index in [0.717, 1.165) is 73.6 Å². The van der Waals surface area contributed by atoms with Crippen molar-refractivity contribution in [2.24, 2.45) is 45.3 Å². The second kappa shape index (κ2) is 23.6. The van der Waals surface area contributed by atoms with Gasteiger partial charge in [-0.2, -0.15) is 0 Å². The predicted molar refractivity (Wildman–Crippen MR) is 282 cm³/mol. The molecule has 0 aromatic heterocycles. The van der Waals surface area contributed by atoms with Crippen molar-refractivity contribution in [1.29, 1.82) is 0 Å². The Balaban J connectivity index is 0.000000287. The smallest absolute Gasteiger partial charge is 0.311 e. The van der Waals surface area contributed by atoms with Crippen molar-refractivity contribution >= 4 is 46.7 Å². The maximum atomic E-state index is 12.3. The number of fused-ring (bicyclic) bond motifs is 2. The van der Waals surface area contributed by atoms with Crippen LogP contribution in [0.2, 0.25) is 0 Å². The molecule has 0 amide bonds. The number of phenolic OH excluding ortho intramolecular Hbond substituents is 4. The SMILES string of the molecule is CC(C)(C)C(=O)OCC1=C[C@H](O)[C@@H]2C[C@H]1C2(C)C.CCCCC(C)(C)c1cc(O)c(C2C=C(COC(=O)C(C)(C)C)[C@H]3C[C@@H]2C3(C)C)c(O)c1.CCCCC(C)(C)c1cc(O)cc(O)c1.ClC(Cl)Cl. The molecule has 12 heteroatoms. The third kappa shape index (κ3) is 15.4. The molecule has 0 spiro atoms. The van der Waals surface area contributed by atoms with E-state index in [0.29, 0.717) is 35.8 Å². The van der Waals surface area contributed by atoms with E-state index in [1.165, 1.54) is 6.07 Å². The molecule has 2 fully saturated rings. The summed E-state index contributed by atoms with van der Waals surface area (Å²) in [5, 5.41) is 51.0. The van der Waals surface area contributed by atoms with Crippen LogP contribution in [0.4, 0.5) is 0 Å². The standard InChI is InChI=1S/C28H42O4.C15H24O3.C13H20O2.CHCl3/c1-9-10-11-27(5,6)18-13-22(29)24(23(30)14-18)19-12-17(16-32-25(31)26(2,3)4)20-15-21(19)28(20,7)8;1-14(2,3)13(17)18-8-9-6-12(16)11-7-10(9)15(11,4)5;1-4-5-6-13(2,3)10-7-11(14)9-12(15)8-10;2-1(3)4/h12-14,19-21,29-30H,9-11,15-16H2,1-8H3;6,10-12,16H,7-8H2,1-5H3;7-9,14-15H,4-6H2,1-3H3;1H/t19?,20-,21+;10-,11+,12+;;/m11../s1. The van der Waals surface area contributed by atoms with Crippen LogP contribution in [-0.2, 0) is 29.9 Å². The van der Waals surface area contributed by atoms with Crippen LogP contribution in [0.3, 0.4) is 0 Å². The fourth-order valence-corrected chi connectivity index (χ4v) is 10.5. The van der Waals surface area contributed by atoms with E-state index < -0.39 is 15.1 Å². The third-order valence-corrected chi connectivity index (χ3v) is 15.4. The molecule has 9 nitrogen and oxygen atoms in total. The first-order valence-electron chi connectivity index (χ1n) is 25.0. The molecule has 5 N–H and O–H groups in total. The lowest BCUT2D eigenvalue weighted by Gasteiger charge is -2.59. The summed E-state index contributed by atoms with van der Waals surface area (Å²) in [5.41, 5.74) is 3.82. The molecule has 6 aliphatic rings. The number of halogens is 3. The Morgan fingerprint density at radius 1 is 0.623 bits per heavy atom. The van der Waals surface area contributed by atoms with E-state index in [-0.39, 0.29) is 75.2 Å². The zero-order valence-corrected chi connectivity index (χ0v) is 46.9. The fourth-order valence-electron chi connectivity index (χ4n) is 10.5. The summed E-state index contributed by atoms with van der Waals surface area (Å²) in [5.74, 6) is 1.64. The van der Waals surface area contributed by atoms with Crippen molar-refractivity contribution < 1.29 is 44.6 Å². The number of carbonyl (C=O) groups is 2. The van der Waals surface area contributed by atoms with Gasteiger partial charge in [0.25, 0.3) is 0 Å². The summed E-state index contributed by atoms with van der Waals surface area (Å²) in [6, 6.07) is 8.51. The number of alkyl halides is 3. The number of hydrogen-bond donors (Lipinski definition) is 5. The van der Waals surface area contributed by atoms with E-state index >= 15 is 0 Å². The highest BCUT2D eigenvalue weighted by molar-refractivity contribution is 6.63. The van der Waals surface area contributed by atoms with Crippen molar-refractivity contribution in [3.63, 3.8) is 0 Å². The normalized spacial score (nSPS) is 23.1. The highest BCUT2D eigenvalue weighted by Crippen LogP contribution is 2.65. The third-order valence-electron chi connectivity index (χ3n) is 15.4. The van der Waals surface area contributed by atoms with Gasteiger partial charge in [-0.3, -0.25) is 9.59 Å². The van der Waals surface area contributed by atoms with Crippen LogP contribution >= 0.6 is 34.8 Å². The van der Waals surface area contributed by atoms with Crippen LogP contribution in [0, 0.1) is 45.3 Å². The number of benzene rings is 2. The number of hydrogen-bond acceptors (Lipinski definition) is 9. The van der Waals surface area contributed by atoms with Crippen LogP contribution in [0.1, 0.15) is 185 Å². The highest BCUT2D eigenvalue weighted by atomic mass is 35.6. The molecule has 2 saturated carbocycles. The molecule has 6 atom stereocenters. The van der Waals surface area contributed by atoms with Gasteiger partial charge in [-0.1, -0.05) is 142 Å². The maximum Gasteiger partial charge on any atom is 0.311 e. The molecule has 2 aromatic carbocycles. The summed E-state index contributed by atoms with van der Waals surface area (Å²) in [4.78, 5) is 24.1. The molecule has 390 valence electrons. The fraction of sp³-hybridized carbons (Fsp3) is 0.684. The monoisotopic (exact) mass is 1020 g/mol. The molecule has 0 saturated heterocycles. The van der Waals surface area contributed by atoms with Gasteiger partial charge in [-0.15, -0.1) is 0 Å². The summed E-state index contributed by atoms with van der Waals surface area (Å²) in [7, 11) is 0. The van der Waals surface area contributed by atoms with Gasteiger partial charge in [-0.25, -0.2) is 0 Å². The molecule has 8 rings (SSSR count). The molecule has 69 heavy (non-hydrogen) atoms. The van der Waals surface area contributed by atoms with E-state index in [4.69, 9.17) is 44.3 Å². The van der Waals surface area contributed by atoms with Crippen molar-refractivity contribution in [3.05, 3.63) is 70.3 Å². The Morgan fingerprint density at radius 3 is 1.33 bits per heavy atom. The van der Waals surface area contributed by atoms with E-state index in [1.807, 2.05) is 59.8 Å². The molecule has 2 aromatic rings. The minimum absolute atomic E-state index is 0.00618. The van der Waals surface area contributed by atoms with E-state index in [9.17, 15) is 35.1 Å². The maximum absolute atomic E-state index is 12.3. The first kappa shape index (κ1) is 60.2. The molecule has 6 aliphatic carbocycles. The quantitative estimate of drug-likeness (QED) is 0.0749. The predicted octanol–water partition coefficient (Wildman–Crippen LogP) is 14.9. The van der Waals surface area contributed by atoms with E-state index in [2.05, 4.69) is 75.3 Å². The van der Waals surface area contributed by atoms with Crippen LogP contribution in [0.25, 0.3) is 0 Å². The second-order valence-corrected chi connectivity index (χ2v) is 26.5. The Hall–Kier alpha value is -3.11. The number of aliphatic hydroxyl groups excluding tert-OH is 1. The molecular weight excluding hydrogens is 935 g/mol. The second-order valence-electron chi connectivity index (χ2n) is 24.5. The first-order chi connectivity index (χ1) is 31.5. The Labute approximate surface area is 430 Å². The number of carbonyl (C=O) groups excluding carboxylic acids is 2. The number of ether oxygens (including phenoxy) is 2. The van der Waals surface area contributed by atoms with Crippen LogP contribution in [0.15, 0.2) is 53.6 Å². The lowest BCUT2D eigenvalue weighted by molar-refractivity contribution is -0.153. The van der Waals surface area contributed by atoms with Crippen molar-refractivity contribution in [3.8, 4) is 23.0 Å². The summed E-state index contributed by atoms with van der Waals surface area (Å²) in [6.07, 6.45) is 12.3. The average Bonchev–Trinajstić information content (AvgIpc) is 3.21. The highest BCUT2D eigenvalue weighted by Gasteiger charge is 2.57. The van der Waals surface area contributed by atoms with Gasteiger partial charge < -0.3 is 35.0 Å². The van der Waals surface area contributed by atoms with Gasteiger partial charge in [0.2, 0.25) is 0 Å². The molecule has 0 radical (unpaired) electrons. The number of rotatable bonds is 13. The Kier molecular flexibility index (Phi) is 20.6. The Morgan fingerprint density at radius 2 is 0.986 bits per heavy atom. The average molecular weight is 1020 g/mol. The largest absolute Gasteiger partial charge is 0.508 e. The minimum atomic E-state index is -0.750. The lowest BCUT2D eigenvalue weighted by Crippen LogP contribution is -2.54. The zero-order chi connectivity index (χ0) is 52.8.